The molecule has 1 atom stereocenters. The number of carbonyl (C=O) groups excluding carboxylic acids is 1. The summed E-state index contributed by atoms with van der Waals surface area (Å²) in [6.07, 6.45) is 8.49. The molecule has 0 aromatic carbocycles. The topological polar surface area (TPSA) is 79.2 Å². The normalized spacial score (nSPS) is 22.0. The van der Waals surface area contributed by atoms with Crippen LogP contribution < -0.4 is 15.3 Å². The van der Waals surface area contributed by atoms with Crippen LogP contribution in [-0.4, -0.2) is 50.9 Å². The number of aromatic nitrogens is 4. The summed E-state index contributed by atoms with van der Waals surface area (Å²) in [5, 5.41) is 1.56. The Morgan fingerprint density at radius 3 is 2.84 bits per heavy atom. The summed E-state index contributed by atoms with van der Waals surface area (Å²) in [6, 6.07) is 0.965. The number of carbonyl (C=O) groups is 1. The molecule has 0 saturated carbocycles. The van der Waals surface area contributed by atoms with Crippen LogP contribution in [0.5, 0.6) is 0 Å². The highest BCUT2D eigenvalue weighted by Gasteiger charge is 2.39. The Kier molecular flexibility index (Phi) is 3.59. The first-order valence-electron chi connectivity index (χ1n) is 7.71. The van der Waals surface area contributed by atoms with Gasteiger partial charge in [0.05, 0.1) is 18.6 Å². The van der Waals surface area contributed by atoms with Crippen molar-refractivity contribution in [2.24, 2.45) is 0 Å². The maximum atomic E-state index is 13.4. The van der Waals surface area contributed by atoms with E-state index in [2.05, 4.69) is 20.4 Å². The van der Waals surface area contributed by atoms with Gasteiger partial charge in [-0.2, -0.15) is 0 Å². The first-order valence-corrected chi connectivity index (χ1v) is 7.71. The van der Waals surface area contributed by atoms with E-state index in [1.165, 1.54) is 11.2 Å². The number of rotatable bonds is 4. The van der Waals surface area contributed by atoms with Crippen molar-refractivity contribution in [1.82, 2.24) is 24.9 Å². The third-order valence-corrected chi connectivity index (χ3v) is 4.24. The van der Waals surface area contributed by atoms with Crippen LogP contribution in [0.3, 0.4) is 0 Å². The first-order chi connectivity index (χ1) is 12.1. The fourth-order valence-corrected chi connectivity index (χ4v) is 2.99. The lowest BCUT2D eigenvalue weighted by molar-refractivity contribution is -0.108. The number of hydrogen-bond donors (Lipinski definition) is 1. The zero-order chi connectivity index (χ0) is 17.4. The molecule has 0 spiro atoms. The second-order valence-corrected chi connectivity index (χ2v) is 5.88. The highest BCUT2D eigenvalue weighted by molar-refractivity contribution is 5.83. The van der Waals surface area contributed by atoms with E-state index in [-0.39, 0.29) is 19.5 Å². The number of aldehydes is 1. The minimum Gasteiger partial charge on any atom is -0.350 e. The molecule has 2 aliphatic rings. The van der Waals surface area contributed by atoms with Gasteiger partial charge in [-0.3, -0.25) is 5.01 Å². The Balaban J connectivity index is 1.58. The molecule has 2 aromatic heterocycles. The van der Waals surface area contributed by atoms with Crippen LogP contribution in [0.2, 0.25) is 0 Å². The van der Waals surface area contributed by atoms with Gasteiger partial charge in [0.2, 0.25) is 0 Å². The van der Waals surface area contributed by atoms with Crippen LogP contribution in [-0.2, 0) is 4.79 Å². The monoisotopic (exact) mass is 347 g/mol. The van der Waals surface area contributed by atoms with E-state index in [1.807, 2.05) is 0 Å². The van der Waals surface area contributed by atoms with Gasteiger partial charge >= 0.3 is 0 Å². The van der Waals surface area contributed by atoms with Crippen LogP contribution >= 0.6 is 0 Å². The van der Waals surface area contributed by atoms with Crippen LogP contribution in [0.25, 0.3) is 5.70 Å². The van der Waals surface area contributed by atoms with Crippen molar-refractivity contribution in [3.05, 3.63) is 37.3 Å². The molecule has 0 bridgehead atoms. The predicted octanol–water partition coefficient (Wildman–Crippen LogP) is 0.909. The number of hydrazine groups is 1. The fraction of sp³-hybridized carbons (Fsp3) is 0.333. The molecule has 0 amide bonds. The lowest BCUT2D eigenvalue weighted by Crippen LogP contribution is -2.40. The van der Waals surface area contributed by atoms with Gasteiger partial charge < -0.3 is 19.7 Å². The summed E-state index contributed by atoms with van der Waals surface area (Å²) >= 11 is 0. The number of anilines is 2. The zero-order valence-electron chi connectivity index (χ0n) is 13.1. The van der Waals surface area contributed by atoms with E-state index >= 15 is 0 Å². The molecule has 10 heteroatoms. The smallest absolute Gasteiger partial charge is 0.266 e. The van der Waals surface area contributed by atoms with Crippen molar-refractivity contribution < 1.29 is 13.6 Å². The highest BCUT2D eigenvalue weighted by atomic mass is 19.3. The molecule has 25 heavy (non-hydrogen) atoms. The average molecular weight is 347 g/mol. The number of imidazole rings is 1. The van der Waals surface area contributed by atoms with Gasteiger partial charge in [-0.25, -0.2) is 23.7 Å². The van der Waals surface area contributed by atoms with Crippen LogP contribution in [0.15, 0.2) is 37.3 Å². The zero-order valence-corrected chi connectivity index (χ0v) is 13.1. The maximum Gasteiger partial charge on any atom is 0.266 e. The minimum absolute atomic E-state index is 0.197. The van der Waals surface area contributed by atoms with Crippen molar-refractivity contribution in [2.75, 3.05) is 23.0 Å². The minimum atomic E-state index is -2.71. The molecule has 0 aliphatic carbocycles. The van der Waals surface area contributed by atoms with Crippen molar-refractivity contribution in [3.8, 4) is 0 Å². The molecule has 0 radical (unpaired) electrons. The van der Waals surface area contributed by atoms with Crippen LogP contribution in [0.1, 0.15) is 6.42 Å². The Bertz CT molecular complexity index is 808. The quantitative estimate of drug-likeness (QED) is 0.824. The van der Waals surface area contributed by atoms with Crippen LogP contribution in [0.4, 0.5) is 20.4 Å². The van der Waals surface area contributed by atoms with Gasteiger partial charge in [-0.15, -0.1) is 0 Å². The van der Waals surface area contributed by atoms with Gasteiger partial charge in [0.1, 0.15) is 18.2 Å². The predicted molar refractivity (Wildman–Crippen MR) is 85.8 cm³/mol. The number of nitrogens with zero attached hydrogens (tertiary/aromatic N) is 6. The molecular weight excluding hydrogens is 332 g/mol. The summed E-state index contributed by atoms with van der Waals surface area (Å²) in [5.41, 5.74) is 3.66. The lowest BCUT2D eigenvalue weighted by Gasteiger charge is -2.25. The molecule has 130 valence electrons. The summed E-state index contributed by atoms with van der Waals surface area (Å²) in [5.74, 6) is -1.88. The largest absolute Gasteiger partial charge is 0.350 e. The average Bonchev–Trinajstić information content (AvgIpc) is 3.33. The molecule has 1 N–H and O–H groups in total. The lowest BCUT2D eigenvalue weighted by atomic mass is 10.2. The van der Waals surface area contributed by atoms with Gasteiger partial charge in [0.25, 0.3) is 5.92 Å². The molecule has 4 heterocycles. The van der Waals surface area contributed by atoms with Gasteiger partial charge in [0.15, 0.2) is 12.1 Å². The number of hydrogen-bond acceptors (Lipinski definition) is 7. The number of alkyl halides is 2. The van der Waals surface area contributed by atoms with E-state index in [9.17, 15) is 13.6 Å². The third kappa shape index (κ3) is 2.79. The van der Waals surface area contributed by atoms with E-state index in [1.54, 1.807) is 40.6 Å². The van der Waals surface area contributed by atoms with Gasteiger partial charge in [-0.1, -0.05) is 0 Å². The molecule has 1 unspecified atom stereocenters. The second kappa shape index (κ2) is 5.80. The van der Waals surface area contributed by atoms with Crippen molar-refractivity contribution in [1.29, 1.82) is 0 Å². The SMILES string of the molecule is O=CC1C(n2ccnc2)=CNN1c1cc(N2CCC(F)(F)C2)ncn1. The standard InChI is InChI=1S/C15H15F2N7O/c16-15(17)1-3-22(8-15)13-5-14(20-9-19-13)24-12(7-25)11(6-21-24)23-4-2-18-10-23/h2,4-7,9-10,12,21H,1,3,8H2. The molecule has 8 nitrogen and oxygen atoms in total. The van der Waals surface area contributed by atoms with E-state index in [0.29, 0.717) is 17.3 Å². The summed E-state index contributed by atoms with van der Waals surface area (Å²) < 4.78 is 28.6. The molecular formula is C15H15F2N7O. The second-order valence-electron chi connectivity index (χ2n) is 5.88. The molecule has 2 aliphatic heterocycles. The van der Waals surface area contributed by atoms with Gasteiger partial charge in [-0.05, 0) is 0 Å². The summed E-state index contributed by atoms with van der Waals surface area (Å²) in [4.78, 5) is 25.3. The summed E-state index contributed by atoms with van der Waals surface area (Å²) in [7, 11) is 0. The molecule has 4 rings (SSSR count). The third-order valence-electron chi connectivity index (χ3n) is 4.24. The Morgan fingerprint density at radius 2 is 2.16 bits per heavy atom. The highest BCUT2D eigenvalue weighted by Crippen LogP contribution is 2.31. The van der Waals surface area contributed by atoms with Crippen molar-refractivity contribution in [2.45, 2.75) is 18.4 Å². The summed E-state index contributed by atoms with van der Waals surface area (Å²) in [6.45, 7) is -0.140. The van der Waals surface area contributed by atoms with E-state index in [4.69, 9.17) is 0 Å². The Morgan fingerprint density at radius 1 is 1.32 bits per heavy atom. The molecule has 2 aromatic rings. The van der Waals surface area contributed by atoms with Crippen molar-refractivity contribution >= 4 is 23.6 Å². The van der Waals surface area contributed by atoms with Crippen molar-refractivity contribution in [3.63, 3.8) is 0 Å². The van der Waals surface area contributed by atoms with E-state index < -0.39 is 12.0 Å². The van der Waals surface area contributed by atoms with Crippen LogP contribution in [0, 0.1) is 0 Å². The molecule has 1 saturated heterocycles. The maximum absolute atomic E-state index is 13.4. The molecule has 1 fully saturated rings. The Labute approximate surface area is 141 Å². The first kappa shape index (κ1) is 15.5. The fourth-order valence-electron chi connectivity index (χ4n) is 2.99. The number of nitrogens with one attached hydrogen (secondary N) is 1. The van der Waals surface area contributed by atoms with Gasteiger partial charge in [0, 0.05) is 37.6 Å². The van der Waals surface area contributed by atoms with E-state index in [0.717, 1.165) is 6.29 Å². The Hall–Kier alpha value is -3.04. The number of halogens is 2.